The van der Waals surface area contributed by atoms with Crippen molar-refractivity contribution in [2.75, 3.05) is 26.2 Å². The number of aliphatic hydroxyl groups is 1. The first kappa shape index (κ1) is 30.4. The molecule has 0 aromatic carbocycles. The van der Waals surface area contributed by atoms with Gasteiger partial charge in [-0.15, -0.1) is 13.2 Å². The second-order valence-corrected chi connectivity index (χ2v) is 12.9. The van der Waals surface area contributed by atoms with Crippen LogP contribution in [0.2, 0.25) is 0 Å². The van der Waals surface area contributed by atoms with E-state index in [-0.39, 0.29) is 36.2 Å². The minimum Gasteiger partial charge on any atom is -0.394 e. The van der Waals surface area contributed by atoms with Crippen molar-refractivity contribution in [3.8, 4) is 0 Å². The van der Waals surface area contributed by atoms with Gasteiger partial charge in [0, 0.05) is 25.2 Å². The Morgan fingerprint density at radius 2 is 1.82 bits per heavy atom. The van der Waals surface area contributed by atoms with Crippen LogP contribution >= 0.6 is 0 Å². The molecule has 3 aliphatic rings. The Labute approximate surface area is 229 Å². The van der Waals surface area contributed by atoms with Gasteiger partial charge in [-0.25, -0.2) is 0 Å². The third-order valence-electron chi connectivity index (χ3n) is 9.11. The lowest BCUT2D eigenvalue weighted by Crippen LogP contribution is -2.62. The maximum Gasteiger partial charge on any atom is 0.249 e. The van der Waals surface area contributed by atoms with Crippen LogP contribution in [0.1, 0.15) is 68.2 Å². The van der Waals surface area contributed by atoms with Crippen LogP contribution in [0, 0.1) is 23.7 Å². The quantitative estimate of drug-likeness (QED) is 0.414. The summed E-state index contributed by atoms with van der Waals surface area (Å²) in [6.07, 6.45) is 4.66. The summed E-state index contributed by atoms with van der Waals surface area (Å²) in [6.45, 7) is 24.4. The highest BCUT2D eigenvalue weighted by molar-refractivity contribution is 5.99. The number of carbonyl (C=O) groups excluding carboxylic acids is 3. The van der Waals surface area contributed by atoms with Crippen LogP contribution < -0.4 is 0 Å². The number of aliphatic hydroxyl groups excluding tert-OH is 1. The summed E-state index contributed by atoms with van der Waals surface area (Å²) in [4.78, 5) is 48.3. The largest absolute Gasteiger partial charge is 0.394 e. The standard InChI is InChI=1S/C30H49N3O5/c1-11-14-31(15-12-2)25(35)22-23-26(36)33(21(18-34)19(4)5)24(27(37)32(16-13-3)28(7,8)9)30(23)17-20(6)29(22,10)38-30/h11,13,19-24,34H,1,3,12,14-18H2,2,4-10H3/t20?,21-,22+,23-,24?,29-,30?/m0/s1. The van der Waals surface area contributed by atoms with E-state index >= 15 is 0 Å². The van der Waals surface area contributed by atoms with Crippen LogP contribution in [0.25, 0.3) is 0 Å². The minimum absolute atomic E-state index is 0.0444. The number of hydrogen-bond acceptors (Lipinski definition) is 5. The Morgan fingerprint density at radius 3 is 2.29 bits per heavy atom. The van der Waals surface area contributed by atoms with Crippen LogP contribution in [-0.4, -0.2) is 92.6 Å². The molecule has 8 heteroatoms. The number of rotatable bonds is 11. The first-order valence-electron chi connectivity index (χ1n) is 14.1. The van der Waals surface area contributed by atoms with Crippen molar-refractivity contribution in [1.82, 2.24) is 14.7 Å². The van der Waals surface area contributed by atoms with Crippen molar-refractivity contribution in [3.05, 3.63) is 25.3 Å². The Balaban J connectivity index is 2.23. The molecule has 3 unspecified atom stereocenters. The molecule has 38 heavy (non-hydrogen) atoms. The van der Waals surface area contributed by atoms with Gasteiger partial charge in [-0.3, -0.25) is 14.4 Å². The highest BCUT2D eigenvalue weighted by Gasteiger charge is 2.80. The molecule has 0 radical (unpaired) electrons. The third-order valence-corrected chi connectivity index (χ3v) is 9.11. The maximum absolute atomic E-state index is 14.5. The molecule has 0 aromatic rings. The Morgan fingerprint density at radius 1 is 1.21 bits per heavy atom. The molecule has 0 saturated carbocycles. The summed E-state index contributed by atoms with van der Waals surface area (Å²) in [5.74, 6) is -2.29. The van der Waals surface area contributed by atoms with E-state index in [1.54, 1.807) is 26.9 Å². The Kier molecular flexibility index (Phi) is 8.60. The van der Waals surface area contributed by atoms with E-state index in [2.05, 4.69) is 20.1 Å². The first-order valence-corrected chi connectivity index (χ1v) is 14.1. The summed E-state index contributed by atoms with van der Waals surface area (Å²) in [5.41, 5.74) is -2.57. The number of fused-ring (bicyclic) bond motifs is 1. The molecule has 3 fully saturated rings. The monoisotopic (exact) mass is 531 g/mol. The topological polar surface area (TPSA) is 90.4 Å². The average Bonchev–Trinajstić information content (AvgIpc) is 3.33. The van der Waals surface area contributed by atoms with Crippen LogP contribution in [0.3, 0.4) is 0 Å². The van der Waals surface area contributed by atoms with E-state index < -0.39 is 40.7 Å². The lowest BCUT2D eigenvalue weighted by molar-refractivity contribution is -0.160. The lowest BCUT2D eigenvalue weighted by Gasteiger charge is -2.44. The fraction of sp³-hybridized carbons (Fsp3) is 0.767. The molecular weight excluding hydrogens is 482 g/mol. The number of ether oxygens (including phenoxy) is 1. The predicted octanol–water partition coefficient (Wildman–Crippen LogP) is 3.25. The number of hydrogen-bond donors (Lipinski definition) is 1. The Bertz CT molecular complexity index is 958. The molecule has 214 valence electrons. The van der Waals surface area contributed by atoms with E-state index in [9.17, 15) is 19.5 Å². The molecule has 1 spiro atoms. The molecule has 2 bridgehead atoms. The second-order valence-electron chi connectivity index (χ2n) is 12.9. The van der Waals surface area contributed by atoms with Gasteiger partial charge in [0.25, 0.3) is 0 Å². The molecule has 3 saturated heterocycles. The highest BCUT2D eigenvalue weighted by Crippen LogP contribution is 2.66. The van der Waals surface area contributed by atoms with Gasteiger partial charge in [-0.1, -0.05) is 39.8 Å². The smallest absolute Gasteiger partial charge is 0.249 e. The zero-order valence-electron chi connectivity index (χ0n) is 24.7. The summed E-state index contributed by atoms with van der Waals surface area (Å²) in [5, 5.41) is 10.5. The van der Waals surface area contributed by atoms with Crippen molar-refractivity contribution in [3.63, 3.8) is 0 Å². The number of amides is 3. The fourth-order valence-electron chi connectivity index (χ4n) is 7.19. The summed E-state index contributed by atoms with van der Waals surface area (Å²) in [6, 6.07) is -1.52. The molecule has 3 heterocycles. The van der Waals surface area contributed by atoms with E-state index in [0.29, 0.717) is 26.1 Å². The van der Waals surface area contributed by atoms with E-state index in [0.717, 1.165) is 6.42 Å². The normalized spacial score (nSPS) is 32.9. The minimum atomic E-state index is -1.15. The van der Waals surface area contributed by atoms with Gasteiger partial charge >= 0.3 is 0 Å². The van der Waals surface area contributed by atoms with Crippen LogP contribution in [-0.2, 0) is 19.1 Å². The second kappa shape index (κ2) is 10.8. The number of nitrogens with zero attached hydrogens (tertiary/aromatic N) is 3. The van der Waals surface area contributed by atoms with E-state index in [1.807, 2.05) is 48.5 Å². The zero-order chi connectivity index (χ0) is 28.8. The van der Waals surface area contributed by atoms with Crippen LogP contribution in [0.15, 0.2) is 25.3 Å². The van der Waals surface area contributed by atoms with Gasteiger partial charge in [0.2, 0.25) is 17.7 Å². The molecule has 0 aromatic heterocycles. The average molecular weight is 532 g/mol. The molecule has 1 N–H and O–H groups in total. The van der Waals surface area contributed by atoms with Gasteiger partial charge in [-0.05, 0) is 52.4 Å². The SMILES string of the molecule is C=CCN(CCC)C(=O)[C@H]1[C@H]2C(=O)N([C@@H](CO)C(C)C)C(C(=O)N(CC=C)C(C)(C)C)C23CC(C)[C@]1(C)O3. The summed E-state index contributed by atoms with van der Waals surface area (Å²) in [7, 11) is 0. The summed E-state index contributed by atoms with van der Waals surface area (Å²) >= 11 is 0. The Hall–Kier alpha value is -2.19. The number of likely N-dealkylation sites (tertiary alicyclic amines) is 1. The molecule has 3 rings (SSSR count). The van der Waals surface area contributed by atoms with Crippen molar-refractivity contribution in [2.45, 2.75) is 97.1 Å². The van der Waals surface area contributed by atoms with Gasteiger partial charge < -0.3 is 24.5 Å². The van der Waals surface area contributed by atoms with Crippen LogP contribution in [0.4, 0.5) is 0 Å². The maximum atomic E-state index is 14.5. The van der Waals surface area contributed by atoms with Gasteiger partial charge in [0.05, 0.1) is 30.1 Å². The lowest BCUT2D eigenvalue weighted by atomic mass is 9.62. The molecule has 0 aliphatic carbocycles. The van der Waals surface area contributed by atoms with E-state index in [1.165, 1.54) is 0 Å². The zero-order valence-corrected chi connectivity index (χ0v) is 24.7. The van der Waals surface area contributed by atoms with Gasteiger partial charge in [-0.2, -0.15) is 0 Å². The molecule has 8 nitrogen and oxygen atoms in total. The molecule has 3 aliphatic heterocycles. The summed E-state index contributed by atoms with van der Waals surface area (Å²) < 4.78 is 6.88. The predicted molar refractivity (Wildman–Crippen MR) is 148 cm³/mol. The molecule has 7 atom stereocenters. The van der Waals surface area contributed by atoms with Crippen molar-refractivity contribution in [1.29, 1.82) is 0 Å². The highest BCUT2D eigenvalue weighted by atomic mass is 16.5. The van der Waals surface area contributed by atoms with Crippen molar-refractivity contribution >= 4 is 17.7 Å². The van der Waals surface area contributed by atoms with Gasteiger partial charge in [0.15, 0.2) is 0 Å². The van der Waals surface area contributed by atoms with Gasteiger partial charge in [0.1, 0.15) is 11.6 Å². The third kappa shape index (κ3) is 4.51. The molecule has 3 amide bonds. The van der Waals surface area contributed by atoms with Crippen molar-refractivity contribution in [2.24, 2.45) is 23.7 Å². The molecular formula is C30H49N3O5. The number of carbonyl (C=O) groups is 3. The van der Waals surface area contributed by atoms with Crippen molar-refractivity contribution < 1.29 is 24.2 Å². The first-order chi connectivity index (χ1) is 17.7. The fourth-order valence-corrected chi connectivity index (χ4v) is 7.19. The van der Waals surface area contributed by atoms with Crippen LogP contribution in [0.5, 0.6) is 0 Å². The van der Waals surface area contributed by atoms with E-state index in [4.69, 9.17) is 4.74 Å².